The van der Waals surface area contributed by atoms with Crippen molar-refractivity contribution in [2.45, 2.75) is 6.18 Å². The number of nitrogens with zero attached hydrogens (tertiary/aromatic N) is 2. The van der Waals surface area contributed by atoms with Gasteiger partial charge in [-0.1, -0.05) is 0 Å². The fourth-order valence-corrected chi connectivity index (χ4v) is 0.708. The van der Waals surface area contributed by atoms with Gasteiger partial charge >= 0.3 is 6.18 Å². The molecule has 7 heteroatoms. The van der Waals surface area contributed by atoms with Gasteiger partial charge in [0.05, 0.1) is 4.47 Å². The third kappa shape index (κ3) is 1.84. The molecule has 0 fully saturated rings. The summed E-state index contributed by atoms with van der Waals surface area (Å²) in [6.45, 7) is 0. The lowest BCUT2D eigenvalue weighted by atomic mass is 10.5. The first-order valence-corrected chi connectivity index (χ1v) is 3.56. The average Bonchev–Trinajstić information content (AvgIpc) is 1.92. The summed E-state index contributed by atoms with van der Waals surface area (Å²) in [5.74, 6) is -1.46. The summed E-state index contributed by atoms with van der Waals surface area (Å²) in [4.78, 5) is 6.09. The van der Waals surface area contributed by atoms with Crippen molar-refractivity contribution in [3.8, 4) is 0 Å². The summed E-state index contributed by atoms with van der Waals surface area (Å²) >= 11 is 2.88. The number of anilines is 1. The molecule has 0 spiro atoms. The Labute approximate surface area is 73.9 Å². The molecule has 1 heterocycles. The topological polar surface area (TPSA) is 51.8 Å². The van der Waals surface area contributed by atoms with Crippen LogP contribution in [0.4, 0.5) is 19.0 Å². The average molecular weight is 242 g/mol. The molecule has 12 heavy (non-hydrogen) atoms. The second kappa shape index (κ2) is 2.89. The smallest absolute Gasteiger partial charge is 0.383 e. The zero-order valence-corrected chi connectivity index (χ0v) is 7.15. The maximum atomic E-state index is 11.9. The van der Waals surface area contributed by atoms with Gasteiger partial charge < -0.3 is 5.73 Å². The molecule has 1 aromatic heterocycles. The van der Waals surface area contributed by atoms with Crippen molar-refractivity contribution < 1.29 is 13.2 Å². The highest BCUT2D eigenvalue weighted by molar-refractivity contribution is 9.10. The fourth-order valence-electron chi connectivity index (χ4n) is 0.517. The van der Waals surface area contributed by atoms with E-state index in [1.165, 1.54) is 0 Å². The lowest BCUT2D eigenvalue weighted by Crippen LogP contribution is -2.12. The number of rotatable bonds is 0. The van der Waals surface area contributed by atoms with Crippen LogP contribution in [0.5, 0.6) is 0 Å². The van der Waals surface area contributed by atoms with E-state index in [1.807, 2.05) is 0 Å². The van der Waals surface area contributed by atoms with E-state index >= 15 is 0 Å². The van der Waals surface area contributed by atoms with Gasteiger partial charge in [0.15, 0.2) is 0 Å². The summed E-state index contributed by atoms with van der Waals surface area (Å²) < 4.78 is 36.0. The number of nitrogen functional groups attached to an aromatic ring is 1. The molecular weight excluding hydrogens is 239 g/mol. The van der Waals surface area contributed by atoms with Crippen LogP contribution in [0.15, 0.2) is 10.7 Å². The van der Waals surface area contributed by atoms with E-state index in [4.69, 9.17) is 5.73 Å². The van der Waals surface area contributed by atoms with Crippen LogP contribution in [0.25, 0.3) is 0 Å². The van der Waals surface area contributed by atoms with Crippen molar-refractivity contribution >= 4 is 21.7 Å². The van der Waals surface area contributed by atoms with E-state index in [1.54, 1.807) is 0 Å². The predicted molar refractivity (Wildman–Crippen MR) is 39.1 cm³/mol. The van der Waals surface area contributed by atoms with Gasteiger partial charge in [0, 0.05) is 6.20 Å². The van der Waals surface area contributed by atoms with E-state index in [2.05, 4.69) is 25.9 Å². The number of hydrogen-bond donors (Lipinski definition) is 1. The van der Waals surface area contributed by atoms with Crippen LogP contribution in [-0.2, 0) is 6.18 Å². The molecule has 0 bridgehead atoms. The third-order valence-corrected chi connectivity index (χ3v) is 1.64. The number of alkyl halides is 3. The molecule has 0 radical (unpaired) electrons. The Kier molecular flexibility index (Phi) is 2.22. The normalized spacial score (nSPS) is 11.7. The molecule has 3 nitrogen and oxygen atoms in total. The Hall–Kier alpha value is -0.850. The van der Waals surface area contributed by atoms with Gasteiger partial charge in [0.1, 0.15) is 5.82 Å². The zero-order chi connectivity index (χ0) is 9.35. The number of halogens is 4. The molecule has 0 atom stereocenters. The summed E-state index contributed by atoms with van der Waals surface area (Å²) in [7, 11) is 0. The van der Waals surface area contributed by atoms with Gasteiger partial charge in [0.2, 0.25) is 5.82 Å². The molecular formula is C5H3BrF3N3. The first-order chi connectivity index (χ1) is 5.41. The second-order valence-corrected chi connectivity index (χ2v) is 2.78. The molecule has 0 amide bonds. The number of hydrogen-bond acceptors (Lipinski definition) is 3. The van der Waals surface area contributed by atoms with Crippen molar-refractivity contribution in [3.63, 3.8) is 0 Å². The molecule has 1 aromatic rings. The minimum Gasteiger partial charge on any atom is -0.383 e. The first-order valence-electron chi connectivity index (χ1n) is 2.76. The highest BCUT2D eigenvalue weighted by Crippen LogP contribution is 2.27. The summed E-state index contributed by atoms with van der Waals surface area (Å²) in [6, 6.07) is 0. The lowest BCUT2D eigenvalue weighted by molar-refractivity contribution is -0.144. The van der Waals surface area contributed by atoms with Crippen molar-refractivity contribution in [1.29, 1.82) is 0 Å². The zero-order valence-electron chi connectivity index (χ0n) is 5.56. The van der Waals surface area contributed by atoms with Gasteiger partial charge in [-0.15, -0.1) is 0 Å². The summed E-state index contributed by atoms with van der Waals surface area (Å²) in [6.07, 6.45) is -3.58. The van der Waals surface area contributed by atoms with Crippen LogP contribution in [0.2, 0.25) is 0 Å². The van der Waals surface area contributed by atoms with Crippen LogP contribution in [0.1, 0.15) is 5.82 Å². The van der Waals surface area contributed by atoms with E-state index in [9.17, 15) is 13.2 Å². The molecule has 0 saturated carbocycles. The van der Waals surface area contributed by atoms with E-state index in [0.29, 0.717) is 0 Å². The molecule has 0 saturated heterocycles. The number of nitrogens with two attached hydrogens (primary N) is 1. The van der Waals surface area contributed by atoms with Gasteiger partial charge in [0.25, 0.3) is 0 Å². The maximum Gasteiger partial charge on any atom is 0.451 e. The molecule has 0 aliphatic rings. The van der Waals surface area contributed by atoms with Crippen molar-refractivity contribution in [3.05, 3.63) is 16.5 Å². The van der Waals surface area contributed by atoms with E-state index in [0.717, 1.165) is 6.20 Å². The molecule has 2 N–H and O–H groups in total. The summed E-state index contributed by atoms with van der Waals surface area (Å²) in [5, 5.41) is 0. The fraction of sp³-hybridized carbons (Fsp3) is 0.200. The largest absolute Gasteiger partial charge is 0.451 e. The van der Waals surface area contributed by atoms with Crippen LogP contribution in [-0.4, -0.2) is 9.97 Å². The predicted octanol–water partition coefficient (Wildman–Crippen LogP) is 1.84. The SMILES string of the molecule is Nc1nc(C(F)(F)F)ncc1Br. The lowest BCUT2D eigenvalue weighted by Gasteiger charge is -2.04. The van der Waals surface area contributed by atoms with Gasteiger partial charge in [-0.2, -0.15) is 13.2 Å². The molecule has 0 aliphatic heterocycles. The summed E-state index contributed by atoms with van der Waals surface area (Å²) in [5.41, 5.74) is 5.12. The van der Waals surface area contributed by atoms with Gasteiger partial charge in [-0.3, -0.25) is 0 Å². The van der Waals surface area contributed by atoms with E-state index < -0.39 is 12.0 Å². The molecule has 0 aromatic carbocycles. The maximum absolute atomic E-state index is 11.9. The number of aromatic nitrogens is 2. The molecule has 1 rings (SSSR count). The van der Waals surface area contributed by atoms with Crippen LogP contribution in [0, 0.1) is 0 Å². The highest BCUT2D eigenvalue weighted by Gasteiger charge is 2.34. The third-order valence-electron chi connectivity index (χ3n) is 1.02. The van der Waals surface area contributed by atoms with Crippen molar-refractivity contribution in [2.75, 3.05) is 5.73 Å². The standard InChI is InChI=1S/C5H3BrF3N3/c6-2-1-11-4(5(7,8)9)12-3(2)10/h1H,(H2,10,11,12). The molecule has 66 valence electrons. The van der Waals surface area contributed by atoms with Crippen molar-refractivity contribution in [2.24, 2.45) is 0 Å². The Morgan fingerprint density at radius 1 is 1.42 bits per heavy atom. The Balaban J connectivity index is 3.14. The Morgan fingerprint density at radius 3 is 2.42 bits per heavy atom. The van der Waals surface area contributed by atoms with Crippen molar-refractivity contribution in [1.82, 2.24) is 9.97 Å². The second-order valence-electron chi connectivity index (χ2n) is 1.92. The quantitative estimate of drug-likeness (QED) is 0.755. The Bertz CT molecular complexity index is 298. The Morgan fingerprint density at radius 2 is 2.00 bits per heavy atom. The monoisotopic (exact) mass is 241 g/mol. The van der Waals surface area contributed by atoms with Crippen LogP contribution >= 0.6 is 15.9 Å². The van der Waals surface area contributed by atoms with Crippen LogP contribution < -0.4 is 5.73 Å². The first kappa shape index (κ1) is 9.24. The van der Waals surface area contributed by atoms with Crippen LogP contribution in [0.3, 0.4) is 0 Å². The molecule has 0 unspecified atom stereocenters. The highest BCUT2D eigenvalue weighted by atomic mass is 79.9. The van der Waals surface area contributed by atoms with Gasteiger partial charge in [-0.25, -0.2) is 9.97 Å². The van der Waals surface area contributed by atoms with E-state index in [-0.39, 0.29) is 10.3 Å². The molecule has 0 aliphatic carbocycles. The minimum absolute atomic E-state index is 0.225. The minimum atomic E-state index is -4.55. The van der Waals surface area contributed by atoms with Gasteiger partial charge in [-0.05, 0) is 15.9 Å².